The molecule has 3 aromatic carbocycles. The van der Waals surface area contributed by atoms with Crippen molar-refractivity contribution in [1.29, 1.82) is 0 Å². The Labute approximate surface area is 203 Å². The molecule has 0 saturated heterocycles. The second kappa shape index (κ2) is 10.4. The molecule has 0 bridgehead atoms. The number of anilines is 2. The van der Waals surface area contributed by atoms with Crippen molar-refractivity contribution in [3.05, 3.63) is 88.9 Å². The van der Waals surface area contributed by atoms with Gasteiger partial charge in [-0.2, -0.15) is 0 Å². The van der Waals surface area contributed by atoms with E-state index in [1.165, 1.54) is 23.4 Å². The van der Waals surface area contributed by atoms with Crippen molar-refractivity contribution in [3.8, 4) is 0 Å². The Morgan fingerprint density at radius 2 is 1.76 bits per heavy atom. The first-order valence-corrected chi connectivity index (χ1v) is 13.1. The molecule has 1 aliphatic rings. The largest absolute Gasteiger partial charge is 0.371 e. The molecule has 6 nitrogen and oxygen atoms in total. The van der Waals surface area contributed by atoms with E-state index in [1.807, 2.05) is 12.1 Å². The molecule has 0 radical (unpaired) electrons. The van der Waals surface area contributed by atoms with Crippen LogP contribution in [0.4, 0.5) is 11.4 Å². The molecule has 3 aromatic rings. The number of carbonyl (C=O) groups is 1. The van der Waals surface area contributed by atoms with Gasteiger partial charge in [-0.1, -0.05) is 58.4 Å². The van der Waals surface area contributed by atoms with Crippen LogP contribution in [0.25, 0.3) is 0 Å². The van der Waals surface area contributed by atoms with E-state index in [0.717, 1.165) is 34.7 Å². The van der Waals surface area contributed by atoms with Crippen LogP contribution in [0.5, 0.6) is 0 Å². The number of amides is 1. The van der Waals surface area contributed by atoms with Gasteiger partial charge in [0.05, 0.1) is 10.6 Å². The summed E-state index contributed by atoms with van der Waals surface area (Å²) in [5, 5.41) is 2.89. The van der Waals surface area contributed by atoms with Crippen molar-refractivity contribution >= 4 is 43.2 Å². The topological polar surface area (TPSA) is 69.7 Å². The third-order valence-corrected chi connectivity index (χ3v) is 7.91. The zero-order valence-corrected chi connectivity index (χ0v) is 20.6. The molecule has 8 heteroatoms. The number of hydrogen-bond acceptors (Lipinski definition) is 4. The summed E-state index contributed by atoms with van der Waals surface area (Å²) in [4.78, 5) is 15.2. The van der Waals surface area contributed by atoms with Gasteiger partial charge in [0.25, 0.3) is 10.0 Å². The van der Waals surface area contributed by atoms with Gasteiger partial charge < -0.3 is 10.2 Å². The molecule has 0 unspecified atom stereocenters. The lowest BCUT2D eigenvalue weighted by Crippen LogP contribution is -2.41. The molecule has 33 heavy (non-hydrogen) atoms. The van der Waals surface area contributed by atoms with Crippen LogP contribution < -0.4 is 14.5 Å². The fraction of sp³-hybridized carbons (Fsp3) is 0.240. The zero-order valence-electron chi connectivity index (χ0n) is 18.2. The molecule has 0 atom stereocenters. The van der Waals surface area contributed by atoms with Crippen LogP contribution in [0, 0.1) is 0 Å². The third kappa shape index (κ3) is 5.57. The summed E-state index contributed by atoms with van der Waals surface area (Å²) in [5.41, 5.74) is 3.05. The minimum Gasteiger partial charge on any atom is -0.371 e. The van der Waals surface area contributed by atoms with Gasteiger partial charge in [0.15, 0.2) is 0 Å². The van der Waals surface area contributed by atoms with Crippen LogP contribution in [0.2, 0.25) is 0 Å². The Morgan fingerprint density at radius 1 is 1.00 bits per heavy atom. The minimum atomic E-state index is -3.90. The molecule has 1 amide bonds. The summed E-state index contributed by atoms with van der Waals surface area (Å²) < 4.78 is 28.5. The maximum absolute atomic E-state index is 13.3. The fourth-order valence-electron chi connectivity index (χ4n) is 3.99. The van der Waals surface area contributed by atoms with Gasteiger partial charge in [-0.05, 0) is 54.8 Å². The molecule has 1 aliphatic heterocycles. The summed E-state index contributed by atoms with van der Waals surface area (Å²) in [5.74, 6) is -0.337. The van der Waals surface area contributed by atoms with Crippen LogP contribution in [0.3, 0.4) is 0 Å². The van der Waals surface area contributed by atoms with Gasteiger partial charge in [0.2, 0.25) is 5.91 Å². The monoisotopic (exact) mass is 527 g/mol. The maximum atomic E-state index is 13.3. The smallest absolute Gasteiger partial charge is 0.264 e. The first-order valence-electron chi connectivity index (χ1n) is 10.9. The maximum Gasteiger partial charge on any atom is 0.264 e. The Morgan fingerprint density at radius 3 is 2.55 bits per heavy atom. The number of para-hydroxylation sites is 1. The van der Waals surface area contributed by atoms with Crippen molar-refractivity contribution in [2.24, 2.45) is 0 Å². The van der Waals surface area contributed by atoms with E-state index < -0.39 is 10.0 Å². The highest BCUT2D eigenvalue weighted by molar-refractivity contribution is 9.10. The molecule has 0 aromatic heterocycles. The first kappa shape index (κ1) is 23.3. The van der Waals surface area contributed by atoms with Gasteiger partial charge in [0.1, 0.15) is 6.54 Å². The molecule has 0 fully saturated rings. The number of benzene rings is 3. The van der Waals surface area contributed by atoms with Gasteiger partial charge in [-0.3, -0.25) is 9.10 Å². The number of rotatable bonds is 9. The average Bonchev–Trinajstić information content (AvgIpc) is 3.24. The van der Waals surface area contributed by atoms with Crippen LogP contribution in [0.1, 0.15) is 12.0 Å². The van der Waals surface area contributed by atoms with Gasteiger partial charge >= 0.3 is 0 Å². The summed E-state index contributed by atoms with van der Waals surface area (Å²) in [6.45, 7) is 2.02. The molecule has 0 saturated carbocycles. The number of hydrogen-bond donors (Lipinski definition) is 1. The lowest BCUT2D eigenvalue weighted by Gasteiger charge is -2.24. The van der Waals surface area contributed by atoms with Crippen LogP contribution in [-0.4, -0.2) is 40.5 Å². The number of halogens is 1. The SMILES string of the molecule is O=C(CN(c1cccc(Br)c1)S(=O)(=O)c1ccccc1)NCCCN1CCc2ccccc21. The van der Waals surface area contributed by atoms with E-state index in [4.69, 9.17) is 0 Å². The molecule has 1 heterocycles. The highest BCUT2D eigenvalue weighted by Crippen LogP contribution is 2.28. The van der Waals surface area contributed by atoms with Crippen molar-refractivity contribution in [2.45, 2.75) is 17.7 Å². The van der Waals surface area contributed by atoms with Crippen molar-refractivity contribution < 1.29 is 13.2 Å². The standard InChI is InChI=1S/C25H26BrN3O3S/c26-21-9-6-10-22(18-21)29(33(31,32)23-11-2-1-3-12-23)19-25(30)27-15-7-16-28-17-14-20-8-4-5-13-24(20)28/h1-6,8-13,18H,7,14-17,19H2,(H,27,30). The minimum absolute atomic E-state index is 0.144. The Bertz CT molecular complexity index is 1220. The lowest BCUT2D eigenvalue weighted by atomic mass is 10.2. The Balaban J connectivity index is 1.40. The quantitative estimate of drug-likeness (QED) is 0.423. The summed E-state index contributed by atoms with van der Waals surface area (Å²) in [6, 6.07) is 23.5. The molecule has 4 rings (SSSR count). The molecule has 0 spiro atoms. The van der Waals surface area contributed by atoms with E-state index in [-0.39, 0.29) is 17.3 Å². The second-order valence-electron chi connectivity index (χ2n) is 7.87. The summed E-state index contributed by atoms with van der Waals surface area (Å²) >= 11 is 3.39. The van der Waals surface area contributed by atoms with Crippen molar-refractivity contribution in [1.82, 2.24) is 5.32 Å². The predicted molar refractivity (Wildman–Crippen MR) is 135 cm³/mol. The van der Waals surface area contributed by atoms with Crippen LogP contribution in [-0.2, 0) is 21.2 Å². The fourth-order valence-corrected chi connectivity index (χ4v) is 5.81. The zero-order chi connectivity index (χ0) is 23.3. The number of nitrogens with zero attached hydrogens (tertiary/aromatic N) is 2. The molecule has 1 N–H and O–H groups in total. The number of fused-ring (bicyclic) bond motifs is 1. The lowest BCUT2D eigenvalue weighted by molar-refractivity contribution is -0.119. The molecular weight excluding hydrogens is 502 g/mol. The van der Waals surface area contributed by atoms with E-state index in [1.54, 1.807) is 36.4 Å². The predicted octanol–water partition coefficient (Wildman–Crippen LogP) is 4.21. The van der Waals surface area contributed by atoms with Crippen LogP contribution >= 0.6 is 15.9 Å². The second-order valence-corrected chi connectivity index (χ2v) is 10.7. The number of carbonyl (C=O) groups excluding carboxylic acids is 1. The van der Waals surface area contributed by atoms with E-state index in [0.29, 0.717) is 12.2 Å². The summed E-state index contributed by atoms with van der Waals surface area (Å²) in [6.07, 6.45) is 1.82. The molecular formula is C25H26BrN3O3S. The van der Waals surface area contributed by atoms with Gasteiger partial charge in [0, 0.05) is 29.8 Å². The Hall–Kier alpha value is -2.84. The molecule has 172 valence electrons. The summed E-state index contributed by atoms with van der Waals surface area (Å²) in [7, 11) is -3.90. The van der Waals surface area contributed by atoms with Crippen molar-refractivity contribution in [2.75, 3.05) is 35.4 Å². The average molecular weight is 528 g/mol. The van der Waals surface area contributed by atoms with E-state index in [2.05, 4.69) is 44.3 Å². The van der Waals surface area contributed by atoms with Crippen molar-refractivity contribution in [3.63, 3.8) is 0 Å². The van der Waals surface area contributed by atoms with Crippen LogP contribution in [0.15, 0.2) is 88.2 Å². The van der Waals surface area contributed by atoms with Gasteiger partial charge in [-0.15, -0.1) is 0 Å². The normalized spacial score (nSPS) is 12.9. The van der Waals surface area contributed by atoms with E-state index >= 15 is 0 Å². The highest BCUT2D eigenvalue weighted by Gasteiger charge is 2.27. The highest BCUT2D eigenvalue weighted by atomic mass is 79.9. The number of sulfonamides is 1. The number of nitrogens with one attached hydrogen (secondary N) is 1. The molecule has 0 aliphatic carbocycles. The first-order chi connectivity index (χ1) is 15.9. The Kier molecular flexibility index (Phi) is 7.35. The van der Waals surface area contributed by atoms with Gasteiger partial charge in [-0.25, -0.2) is 8.42 Å². The third-order valence-electron chi connectivity index (χ3n) is 5.62. The van der Waals surface area contributed by atoms with E-state index in [9.17, 15) is 13.2 Å².